The summed E-state index contributed by atoms with van der Waals surface area (Å²) in [5, 5.41) is 7.62. The Hall–Kier alpha value is -2.02. The summed E-state index contributed by atoms with van der Waals surface area (Å²) in [4.78, 5) is 14.7. The first-order chi connectivity index (χ1) is 9.76. The number of thioether (sulfide) groups is 1. The van der Waals surface area contributed by atoms with Crippen LogP contribution in [0.3, 0.4) is 0 Å². The Morgan fingerprint density at radius 2 is 2.20 bits per heavy atom. The van der Waals surface area contributed by atoms with Crippen LogP contribution in [0.1, 0.15) is 0 Å². The molecule has 104 valence electrons. The number of ether oxygens (including phenoxy) is 1. The van der Waals surface area contributed by atoms with Crippen LogP contribution in [0.25, 0.3) is 0 Å². The fraction of sp³-hybridized carbons (Fsp3) is 0.308. The molecule has 2 aromatic rings. The average molecular weight is 290 g/mol. The summed E-state index contributed by atoms with van der Waals surface area (Å²) in [7, 11) is 0. The van der Waals surface area contributed by atoms with Crippen molar-refractivity contribution in [3.63, 3.8) is 0 Å². The Kier molecular flexibility index (Phi) is 3.60. The fourth-order valence-electron chi connectivity index (χ4n) is 2.13. The molecular weight excluding hydrogens is 276 g/mol. The molecule has 1 fully saturated rings. The minimum Gasteiger partial charge on any atom is -0.442 e. The number of carbonyl (C=O) groups excluding carboxylic acids is 1. The molecule has 6 nitrogen and oxygen atoms in total. The highest BCUT2D eigenvalue weighted by molar-refractivity contribution is 7.98. The van der Waals surface area contributed by atoms with Crippen LogP contribution >= 0.6 is 11.8 Å². The predicted octanol–water partition coefficient (Wildman–Crippen LogP) is 2.03. The van der Waals surface area contributed by atoms with Gasteiger partial charge in [0.2, 0.25) is 0 Å². The molecule has 20 heavy (non-hydrogen) atoms. The molecule has 0 bridgehead atoms. The summed E-state index contributed by atoms with van der Waals surface area (Å²) in [6, 6.07) is 7.87. The first kappa shape index (κ1) is 13.0. The van der Waals surface area contributed by atoms with Gasteiger partial charge in [-0.1, -0.05) is 5.21 Å². The zero-order chi connectivity index (χ0) is 13.9. The zero-order valence-corrected chi connectivity index (χ0v) is 11.8. The average Bonchev–Trinajstić information content (AvgIpc) is 3.09. The second-order valence-electron chi connectivity index (χ2n) is 4.44. The smallest absolute Gasteiger partial charge is 0.414 e. The molecule has 7 heteroatoms. The molecule has 1 aromatic heterocycles. The van der Waals surface area contributed by atoms with Crippen molar-refractivity contribution in [1.29, 1.82) is 0 Å². The summed E-state index contributed by atoms with van der Waals surface area (Å²) in [6.45, 7) is 1.04. The quantitative estimate of drug-likeness (QED) is 0.806. The second-order valence-corrected chi connectivity index (χ2v) is 5.32. The topological polar surface area (TPSA) is 60.3 Å². The second kappa shape index (κ2) is 5.54. The van der Waals surface area contributed by atoms with E-state index in [0.717, 1.165) is 5.69 Å². The van der Waals surface area contributed by atoms with Crippen molar-refractivity contribution in [2.45, 2.75) is 17.5 Å². The first-order valence-electron chi connectivity index (χ1n) is 6.22. The highest BCUT2D eigenvalue weighted by Gasteiger charge is 2.32. The van der Waals surface area contributed by atoms with Gasteiger partial charge < -0.3 is 4.74 Å². The van der Waals surface area contributed by atoms with Crippen LogP contribution in [0.15, 0.2) is 41.6 Å². The van der Waals surface area contributed by atoms with Crippen LogP contribution in [-0.2, 0) is 11.3 Å². The van der Waals surface area contributed by atoms with Crippen LogP contribution in [-0.4, -0.2) is 40.0 Å². The lowest BCUT2D eigenvalue weighted by atomic mass is 10.2. The molecule has 0 spiro atoms. The Labute approximate surface area is 120 Å². The summed E-state index contributed by atoms with van der Waals surface area (Å²) in [5.41, 5.74) is 0.855. The molecule has 1 atom stereocenters. The molecule has 0 N–H and O–H groups in total. The van der Waals surface area contributed by atoms with Gasteiger partial charge in [0.1, 0.15) is 6.10 Å². The van der Waals surface area contributed by atoms with Crippen LogP contribution in [0, 0.1) is 0 Å². The maximum absolute atomic E-state index is 11.9. The van der Waals surface area contributed by atoms with Crippen molar-refractivity contribution in [2.24, 2.45) is 0 Å². The van der Waals surface area contributed by atoms with Crippen LogP contribution in [0.5, 0.6) is 0 Å². The van der Waals surface area contributed by atoms with Gasteiger partial charge in [0.05, 0.1) is 19.3 Å². The van der Waals surface area contributed by atoms with Crippen molar-refractivity contribution < 1.29 is 9.53 Å². The molecule has 2 heterocycles. The number of cyclic esters (lactones) is 1. The number of carbonyl (C=O) groups is 1. The Bertz CT molecular complexity index is 585. The Morgan fingerprint density at radius 1 is 1.40 bits per heavy atom. The maximum Gasteiger partial charge on any atom is 0.414 e. The molecule has 1 saturated heterocycles. The van der Waals surface area contributed by atoms with E-state index in [4.69, 9.17) is 4.74 Å². The highest BCUT2D eigenvalue weighted by atomic mass is 32.2. The van der Waals surface area contributed by atoms with E-state index in [9.17, 15) is 4.79 Å². The van der Waals surface area contributed by atoms with Gasteiger partial charge >= 0.3 is 6.09 Å². The third-order valence-electron chi connectivity index (χ3n) is 3.12. The van der Waals surface area contributed by atoms with E-state index < -0.39 is 0 Å². The standard InChI is InChI=1S/C13H14N4O2S/c1-20-12-4-2-10(3-5-12)17-9-11(19-13(17)18)8-16-7-6-14-15-16/h2-7,11H,8-9H2,1H3/t11-/m0/s1. The summed E-state index contributed by atoms with van der Waals surface area (Å²) in [6.07, 6.45) is 4.86. The number of nitrogens with zero attached hydrogens (tertiary/aromatic N) is 4. The number of benzene rings is 1. The number of aromatic nitrogens is 3. The number of hydrogen-bond acceptors (Lipinski definition) is 5. The summed E-state index contributed by atoms with van der Waals surface area (Å²) >= 11 is 1.67. The number of anilines is 1. The van der Waals surface area contributed by atoms with Gasteiger partial charge in [-0.15, -0.1) is 16.9 Å². The third-order valence-corrected chi connectivity index (χ3v) is 3.86. The molecule has 1 amide bonds. The van der Waals surface area contributed by atoms with Gasteiger partial charge in [0.25, 0.3) is 0 Å². The van der Waals surface area contributed by atoms with E-state index in [1.165, 1.54) is 4.90 Å². The Balaban J connectivity index is 1.69. The molecule has 3 rings (SSSR count). The Morgan fingerprint density at radius 3 is 2.85 bits per heavy atom. The van der Waals surface area contributed by atoms with Crippen molar-refractivity contribution >= 4 is 23.5 Å². The van der Waals surface area contributed by atoms with Crippen LogP contribution < -0.4 is 4.90 Å². The van der Waals surface area contributed by atoms with Crippen LogP contribution in [0.2, 0.25) is 0 Å². The molecule has 0 saturated carbocycles. The molecule has 1 aromatic carbocycles. The molecule has 1 aliphatic heterocycles. The molecular formula is C13H14N4O2S. The van der Waals surface area contributed by atoms with Gasteiger partial charge in [0.15, 0.2) is 0 Å². The number of amides is 1. The predicted molar refractivity (Wildman–Crippen MR) is 75.9 cm³/mol. The van der Waals surface area contributed by atoms with E-state index in [2.05, 4.69) is 10.3 Å². The monoisotopic (exact) mass is 290 g/mol. The fourth-order valence-corrected chi connectivity index (χ4v) is 2.54. The van der Waals surface area contributed by atoms with E-state index in [1.807, 2.05) is 30.5 Å². The normalized spacial score (nSPS) is 18.4. The lowest BCUT2D eigenvalue weighted by Crippen LogP contribution is -2.26. The molecule has 0 aliphatic carbocycles. The summed E-state index contributed by atoms with van der Waals surface area (Å²) in [5.74, 6) is 0. The molecule has 0 unspecified atom stereocenters. The SMILES string of the molecule is CSc1ccc(N2C[C@H](Cn3ccnn3)OC2=O)cc1. The minimum absolute atomic E-state index is 0.204. The van der Waals surface area contributed by atoms with Gasteiger partial charge in [-0.2, -0.15) is 0 Å². The van der Waals surface area contributed by atoms with Crippen molar-refractivity contribution in [1.82, 2.24) is 15.0 Å². The van der Waals surface area contributed by atoms with Crippen LogP contribution in [0.4, 0.5) is 10.5 Å². The van der Waals surface area contributed by atoms with E-state index in [0.29, 0.717) is 13.1 Å². The van der Waals surface area contributed by atoms with Gasteiger partial charge in [-0.05, 0) is 30.5 Å². The van der Waals surface area contributed by atoms with Crippen molar-refractivity contribution in [2.75, 3.05) is 17.7 Å². The number of hydrogen-bond donors (Lipinski definition) is 0. The van der Waals surface area contributed by atoms with Crippen molar-refractivity contribution in [3.8, 4) is 0 Å². The van der Waals surface area contributed by atoms with E-state index in [-0.39, 0.29) is 12.2 Å². The molecule has 0 radical (unpaired) electrons. The van der Waals surface area contributed by atoms with Gasteiger partial charge in [0, 0.05) is 16.8 Å². The largest absolute Gasteiger partial charge is 0.442 e. The van der Waals surface area contributed by atoms with Gasteiger partial charge in [-0.3, -0.25) is 4.90 Å². The number of rotatable bonds is 4. The molecule has 1 aliphatic rings. The van der Waals surface area contributed by atoms with E-state index >= 15 is 0 Å². The zero-order valence-electron chi connectivity index (χ0n) is 11.0. The maximum atomic E-state index is 11.9. The van der Waals surface area contributed by atoms with E-state index in [1.54, 1.807) is 33.7 Å². The summed E-state index contributed by atoms with van der Waals surface area (Å²) < 4.78 is 7.02. The first-order valence-corrected chi connectivity index (χ1v) is 7.45. The third kappa shape index (κ3) is 2.62. The lowest BCUT2D eigenvalue weighted by Gasteiger charge is -2.13. The lowest BCUT2D eigenvalue weighted by molar-refractivity contribution is 0.129. The van der Waals surface area contributed by atoms with Gasteiger partial charge in [-0.25, -0.2) is 9.48 Å². The minimum atomic E-state index is -0.313. The van der Waals surface area contributed by atoms with Crippen molar-refractivity contribution in [3.05, 3.63) is 36.7 Å². The highest BCUT2D eigenvalue weighted by Crippen LogP contribution is 2.24.